The van der Waals surface area contributed by atoms with Crippen LogP contribution in [0.2, 0.25) is 0 Å². The van der Waals surface area contributed by atoms with E-state index in [2.05, 4.69) is 10.3 Å². The maximum Gasteiger partial charge on any atom is 0.341 e. The minimum Gasteiger partial charge on any atom is -0.491 e. The van der Waals surface area contributed by atoms with Crippen LogP contribution in [-0.2, 0) is 9.53 Å². The summed E-state index contributed by atoms with van der Waals surface area (Å²) in [7, 11) is 0. The third kappa shape index (κ3) is 5.32. The lowest BCUT2D eigenvalue weighted by Crippen LogP contribution is -2.44. The van der Waals surface area contributed by atoms with Crippen LogP contribution in [0.15, 0.2) is 59.7 Å². The van der Waals surface area contributed by atoms with Crippen LogP contribution in [0.4, 0.5) is 4.79 Å². The summed E-state index contributed by atoms with van der Waals surface area (Å²) in [5.41, 5.74) is 4.42. The van der Waals surface area contributed by atoms with Crippen LogP contribution in [0.5, 0.6) is 5.75 Å². The molecule has 0 spiro atoms. The van der Waals surface area contributed by atoms with Gasteiger partial charge in [0.25, 0.3) is 0 Å². The Hall–Kier alpha value is -3.94. The van der Waals surface area contributed by atoms with Crippen molar-refractivity contribution in [3.05, 3.63) is 65.9 Å². The zero-order valence-corrected chi connectivity index (χ0v) is 21.5. The number of nitrogens with zero attached hydrogens (tertiary/aromatic N) is 3. The molecule has 1 aromatic heterocycles. The maximum atomic E-state index is 13.1. The molecule has 1 aliphatic heterocycles. The summed E-state index contributed by atoms with van der Waals surface area (Å²) < 4.78 is 13.2. The summed E-state index contributed by atoms with van der Waals surface area (Å²) >= 11 is 0. The molecule has 2 amide bonds. The number of nitrogens with one attached hydrogen (secondary N) is 1. The van der Waals surface area contributed by atoms with Gasteiger partial charge in [-0.3, -0.25) is 4.79 Å². The second kappa shape index (κ2) is 10.4. The SMILES string of the molecule is CC1=NC(=O)NC(c2cn(-c3ccccc3)nc2-c2ccc(OC(C)C)c(C)c2)C1C(=O)OC(C)C. The minimum absolute atomic E-state index is 0.0508. The second-order valence-electron chi connectivity index (χ2n) is 9.50. The number of urea groups is 1. The molecule has 2 atom stereocenters. The number of para-hydroxylation sites is 1. The summed E-state index contributed by atoms with van der Waals surface area (Å²) in [6, 6.07) is 14.4. The molecule has 1 aliphatic rings. The van der Waals surface area contributed by atoms with Crippen molar-refractivity contribution in [3.63, 3.8) is 0 Å². The quantitative estimate of drug-likeness (QED) is 0.448. The summed E-state index contributed by atoms with van der Waals surface area (Å²) in [5.74, 6) is -0.418. The summed E-state index contributed by atoms with van der Waals surface area (Å²) in [4.78, 5) is 29.6. The van der Waals surface area contributed by atoms with E-state index in [-0.39, 0.29) is 12.2 Å². The van der Waals surface area contributed by atoms with E-state index >= 15 is 0 Å². The predicted octanol–water partition coefficient (Wildman–Crippen LogP) is 5.43. The Morgan fingerprint density at radius 2 is 1.75 bits per heavy atom. The van der Waals surface area contributed by atoms with Gasteiger partial charge in [0.15, 0.2) is 0 Å². The van der Waals surface area contributed by atoms with Gasteiger partial charge < -0.3 is 14.8 Å². The molecule has 0 aliphatic carbocycles. The van der Waals surface area contributed by atoms with Gasteiger partial charge in [-0.1, -0.05) is 18.2 Å². The molecule has 2 heterocycles. The smallest absolute Gasteiger partial charge is 0.341 e. The number of ether oxygens (including phenoxy) is 2. The number of aryl methyl sites for hydroxylation is 1. The zero-order chi connectivity index (χ0) is 26.0. The highest BCUT2D eigenvalue weighted by atomic mass is 16.5. The minimum atomic E-state index is -0.776. The first-order chi connectivity index (χ1) is 17.1. The highest BCUT2D eigenvalue weighted by Gasteiger charge is 2.40. The van der Waals surface area contributed by atoms with Crippen LogP contribution >= 0.6 is 0 Å². The normalized spacial score (nSPS) is 17.7. The average molecular weight is 489 g/mol. The molecule has 1 N–H and O–H groups in total. The highest BCUT2D eigenvalue weighted by molar-refractivity contribution is 6.08. The van der Waals surface area contributed by atoms with Crippen LogP contribution in [0.3, 0.4) is 0 Å². The molecule has 0 radical (unpaired) electrons. The molecule has 8 nitrogen and oxygen atoms in total. The predicted molar refractivity (Wildman–Crippen MR) is 139 cm³/mol. The number of aromatic nitrogens is 2. The van der Waals surface area contributed by atoms with Crippen molar-refractivity contribution in [2.45, 2.75) is 59.8 Å². The molecule has 2 aromatic carbocycles. The summed E-state index contributed by atoms with van der Waals surface area (Å²) in [5, 5.41) is 7.78. The van der Waals surface area contributed by atoms with E-state index in [1.165, 1.54) is 0 Å². The van der Waals surface area contributed by atoms with E-state index in [0.29, 0.717) is 17.0 Å². The maximum absolute atomic E-state index is 13.1. The van der Waals surface area contributed by atoms with Gasteiger partial charge in [-0.15, -0.1) is 0 Å². The van der Waals surface area contributed by atoms with Crippen molar-refractivity contribution in [3.8, 4) is 22.7 Å². The van der Waals surface area contributed by atoms with Gasteiger partial charge in [-0.2, -0.15) is 5.10 Å². The second-order valence-corrected chi connectivity index (χ2v) is 9.50. The Morgan fingerprint density at radius 3 is 2.39 bits per heavy atom. The first-order valence-corrected chi connectivity index (χ1v) is 12.1. The Labute approximate surface area is 211 Å². The number of hydrogen-bond acceptors (Lipinski definition) is 5. The molecule has 0 saturated carbocycles. The lowest BCUT2D eigenvalue weighted by atomic mass is 9.87. The van der Waals surface area contributed by atoms with E-state index in [1.807, 2.05) is 75.5 Å². The molecule has 0 bridgehead atoms. The molecule has 8 heteroatoms. The summed E-state index contributed by atoms with van der Waals surface area (Å²) in [6.07, 6.45) is 1.61. The van der Waals surface area contributed by atoms with Crippen molar-refractivity contribution in [2.75, 3.05) is 0 Å². The molecule has 0 saturated heterocycles. The Kier molecular flexibility index (Phi) is 7.24. The Morgan fingerprint density at radius 1 is 1.03 bits per heavy atom. The molecular weight excluding hydrogens is 456 g/mol. The molecule has 36 heavy (non-hydrogen) atoms. The largest absolute Gasteiger partial charge is 0.491 e. The fourth-order valence-corrected chi connectivity index (χ4v) is 4.32. The number of carbonyl (C=O) groups is 2. The van der Waals surface area contributed by atoms with Crippen molar-refractivity contribution in [1.29, 1.82) is 0 Å². The van der Waals surface area contributed by atoms with Crippen LogP contribution in [-0.4, -0.2) is 39.7 Å². The molecular formula is C28H32N4O4. The van der Waals surface area contributed by atoms with E-state index in [0.717, 1.165) is 22.6 Å². The van der Waals surface area contributed by atoms with Gasteiger partial charge in [0.05, 0.1) is 29.6 Å². The van der Waals surface area contributed by atoms with E-state index in [4.69, 9.17) is 14.6 Å². The number of benzene rings is 2. The molecule has 188 valence electrons. The monoisotopic (exact) mass is 488 g/mol. The number of esters is 1. The molecule has 4 rings (SSSR count). The van der Waals surface area contributed by atoms with Gasteiger partial charge in [0.1, 0.15) is 11.7 Å². The first-order valence-electron chi connectivity index (χ1n) is 12.1. The van der Waals surface area contributed by atoms with E-state index < -0.39 is 24.0 Å². The molecule has 0 fully saturated rings. The first kappa shape index (κ1) is 25.2. The zero-order valence-electron chi connectivity index (χ0n) is 21.5. The Balaban J connectivity index is 1.86. The standard InChI is InChI=1S/C28H32N4O4/c1-16(2)35-23-13-12-20(14-18(23)5)25-22(15-32(31-25)21-10-8-7-9-11-21)26-24(27(33)36-17(3)4)19(6)29-28(34)30-26/h7-17,24,26H,1-6H3,(H,30,34). The lowest BCUT2D eigenvalue weighted by molar-refractivity contribution is -0.150. The van der Waals surface area contributed by atoms with Gasteiger partial charge in [0.2, 0.25) is 0 Å². The van der Waals surface area contributed by atoms with Gasteiger partial charge in [-0.05, 0) is 77.4 Å². The average Bonchev–Trinajstić information content (AvgIpc) is 3.25. The van der Waals surface area contributed by atoms with Gasteiger partial charge in [0, 0.05) is 23.0 Å². The number of amides is 2. The van der Waals surface area contributed by atoms with E-state index in [9.17, 15) is 9.59 Å². The molecule has 3 aromatic rings. The van der Waals surface area contributed by atoms with Crippen LogP contribution in [0, 0.1) is 12.8 Å². The van der Waals surface area contributed by atoms with Crippen LogP contribution in [0.1, 0.15) is 51.8 Å². The van der Waals surface area contributed by atoms with Crippen molar-refractivity contribution < 1.29 is 19.1 Å². The lowest BCUT2D eigenvalue weighted by Gasteiger charge is -2.30. The van der Waals surface area contributed by atoms with Crippen molar-refractivity contribution in [2.24, 2.45) is 10.9 Å². The van der Waals surface area contributed by atoms with Gasteiger partial charge >= 0.3 is 12.0 Å². The number of hydrogen-bond donors (Lipinski definition) is 1. The number of carbonyl (C=O) groups excluding carboxylic acids is 2. The van der Waals surface area contributed by atoms with Crippen LogP contribution in [0.25, 0.3) is 16.9 Å². The fraction of sp³-hybridized carbons (Fsp3) is 0.357. The highest BCUT2D eigenvalue weighted by Crippen LogP contribution is 2.36. The number of rotatable bonds is 7. The van der Waals surface area contributed by atoms with E-state index in [1.54, 1.807) is 25.5 Å². The molecule has 2 unspecified atom stereocenters. The Bertz CT molecular complexity index is 1290. The van der Waals surface area contributed by atoms with Crippen LogP contribution < -0.4 is 10.1 Å². The van der Waals surface area contributed by atoms with Crippen molar-refractivity contribution >= 4 is 17.7 Å². The third-order valence-corrected chi connectivity index (χ3v) is 5.86. The fourth-order valence-electron chi connectivity index (χ4n) is 4.32. The topological polar surface area (TPSA) is 94.8 Å². The third-order valence-electron chi connectivity index (χ3n) is 5.86. The number of aliphatic imine (C=N–C) groups is 1. The summed E-state index contributed by atoms with van der Waals surface area (Å²) in [6.45, 7) is 11.2. The van der Waals surface area contributed by atoms with Crippen molar-refractivity contribution in [1.82, 2.24) is 15.1 Å². The van der Waals surface area contributed by atoms with Gasteiger partial charge in [-0.25, -0.2) is 14.5 Å².